The van der Waals surface area contributed by atoms with Crippen molar-refractivity contribution in [3.8, 4) is 6.07 Å². The number of nitrogens with zero attached hydrogens (tertiary/aromatic N) is 1. The fourth-order valence-electron chi connectivity index (χ4n) is 3.37. The van der Waals surface area contributed by atoms with Crippen LogP contribution < -0.4 is 10.6 Å². The molecule has 0 bridgehead atoms. The van der Waals surface area contributed by atoms with Crippen LogP contribution in [0.5, 0.6) is 0 Å². The van der Waals surface area contributed by atoms with E-state index in [-0.39, 0.29) is 30.3 Å². The third-order valence-electron chi connectivity index (χ3n) is 5.29. The summed E-state index contributed by atoms with van der Waals surface area (Å²) in [5, 5.41) is 15.0. The molecule has 0 heterocycles. The minimum absolute atomic E-state index is 0.0670. The molecule has 1 aliphatic carbocycles. The SMILES string of the molecule is N#CC(CCNC(=O)C(COC(=O)NCc1ccccc1)C1CC1)c1ccccc1. The Labute approximate surface area is 177 Å². The predicted molar refractivity (Wildman–Crippen MR) is 113 cm³/mol. The monoisotopic (exact) mass is 405 g/mol. The molecule has 0 radical (unpaired) electrons. The topological polar surface area (TPSA) is 91.2 Å². The van der Waals surface area contributed by atoms with Gasteiger partial charge in [-0.05, 0) is 36.3 Å². The van der Waals surface area contributed by atoms with Crippen LogP contribution in [0.3, 0.4) is 0 Å². The molecule has 0 spiro atoms. The Bertz CT molecular complexity index is 860. The van der Waals surface area contributed by atoms with Crippen molar-refractivity contribution < 1.29 is 14.3 Å². The molecule has 1 saturated carbocycles. The number of hydrogen-bond donors (Lipinski definition) is 2. The summed E-state index contributed by atoms with van der Waals surface area (Å²) in [6.45, 7) is 0.863. The van der Waals surface area contributed by atoms with Gasteiger partial charge in [-0.1, -0.05) is 60.7 Å². The van der Waals surface area contributed by atoms with Gasteiger partial charge in [-0.3, -0.25) is 4.79 Å². The average Bonchev–Trinajstić information content (AvgIpc) is 3.62. The number of benzene rings is 2. The Morgan fingerprint density at radius 2 is 1.70 bits per heavy atom. The normalized spacial score (nSPS) is 14.8. The minimum Gasteiger partial charge on any atom is -0.449 e. The van der Waals surface area contributed by atoms with Gasteiger partial charge < -0.3 is 15.4 Å². The Morgan fingerprint density at radius 3 is 2.33 bits per heavy atom. The highest BCUT2D eigenvalue weighted by atomic mass is 16.5. The van der Waals surface area contributed by atoms with Crippen molar-refractivity contribution in [2.75, 3.05) is 13.2 Å². The number of amides is 2. The quantitative estimate of drug-likeness (QED) is 0.630. The van der Waals surface area contributed by atoms with E-state index < -0.39 is 6.09 Å². The van der Waals surface area contributed by atoms with Crippen molar-refractivity contribution >= 4 is 12.0 Å². The highest BCUT2D eigenvalue weighted by Gasteiger charge is 2.37. The fraction of sp³-hybridized carbons (Fsp3) is 0.375. The maximum absolute atomic E-state index is 12.6. The Morgan fingerprint density at radius 1 is 1.03 bits per heavy atom. The molecule has 6 heteroatoms. The zero-order valence-corrected chi connectivity index (χ0v) is 16.9. The van der Waals surface area contributed by atoms with Gasteiger partial charge in [-0.25, -0.2) is 4.79 Å². The molecule has 2 N–H and O–H groups in total. The molecule has 1 aliphatic rings. The standard InChI is InChI=1S/C24H27N3O3/c25-15-21(19-9-5-2-6-10-19)13-14-26-23(28)22(20-11-12-20)17-30-24(29)27-16-18-7-3-1-4-8-18/h1-10,20-22H,11-14,16-17H2,(H,26,28)(H,27,29). The van der Waals surface area contributed by atoms with Gasteiger partial charge in [-0.15, -0.1) is 0 Å². The molecule has 0 aliphatic heterocycles. The van der Waals surface area contributed by atoms with Crippen molar-refractivity contribution in [3.63, 3.8) is 0 Å². The van der Waals surface area contributed by atoms with Crippen molar-refractivity contribution in [1.82, 2.24) is 10.6 Å². The van der Waals surface area contributed by atoms with Crippen molar-refractivity contribution in [3.05, 3.63) is 71.8 Å². The van der Waals surface area contributed by atoms with Gasteiger partial charge in [0.15, 0.2) is 0 Å². The van der Waals surface area contributed by atoms with Gasteiger partial charge >= 0.3 is 6.09 Å². The Hall–Kier alpha value is -3.33. The number of carbonyl (C=O) groups excluding carboxylic acids is 2. The Kier molecular flexibility index (Phi) is 7.85. The van der Waals surface area contributed by atoms with Gasteiger partial charge in [0.25, 0.3) is 0 Å². The molecule has 2 aromatic carbocycles. The van der Waals surface area contributed by atoms with Crippen LogP contribution in [0.1, 0.15) is 36.3 Å². The third kappa shape index (κ3) is 6.63. The van der Waals surface area contributed by atoms with Crippen LogP contribution in [-0.2, 0) is 16.1 Å². The zero-order valence-electron chi connectivity index (χ0n) is 16.9. The summed E-state index contributed by atoms with van der Waals surface area (Å²) in [5.74, 6) is -0.457. The third-order valence-corrected chi connectivity index (χ3v) is 5.29. The second-order valence-electron chi connectivity index (χ2n) is 7.55. The van der Waals surface area contributed by atoms with Crippen LogP contribution >= 0.6 is 0 Å². The summed E-state index contributed by atoms with van der Waals surface area (Å²) in [7, 11) is 0. The van der Waals surface area contributed by atoms with E-state index in [0.717, 1.165) is 24.0 Å². The van der Waals surface area contributed by atoms with Crippen molar-refractivity contribution in [2.24, 2.45) is 11.8 Å². The molecule has 2 amide bonds. The lowest BCUT2D eigenvalue weighted by atomic mass is 9.97. The molecule has 3 rings (SSSR count). The van der Waals surface area contributed by atoms with Gasteiger partial charge in [0.05, 0.1) is 17.9 Å². The number of nitriles is 1. The van der Waals surface area contributed by atoms with Crippen LogP contribution in [0.2, 0.25) is 0 Å². The average molecular weight is 405 g/mol. The van der Waals surface area contributed by atoms with Crippen LogP contribution in [0, 0.1) is 23.2 Å². The van der Waals surface area contributed by atoms with E-state index in [2.05, 4.69) is 16.7 Å². The van der Waals surface area contributed by atoms with E-state index in [0.29, 0.717) is 19.5 Å². The first-order valence-electron chi connectivity index (χ1n) is 10.3. The van der Waals surface area contributed by atoms with E-state index in [1.807, 2.05) is 60.7 Å². The highest BCUT2D eigenvalue weighted by molar-refractivity contribution is 5.80. The maximum Gasteiger partial charge on any atom is 0.407 e. The lowest BCUT2D eigenvalue weighted by Gasteiger charge is -2.17. The molecule has 2 unspecified atom stereocenters. The minimum atomic E-state index is -0.522. The van der Waals surface area contributed by atoms with Gasteiger partial charge in [0.2, 0.25) is 5.91 Å². The van der Waals surface area contributed by atoms with Gasteiger partial charge in [-0.2, -0.15) is 5.26 Å². The summed E-state index contributed by atoms with van der Waals surface area (Å²) >= 11 is 0. The van der Waals surface area contributed by atoms with Crippen molar-refractivity contribution in [1.29, 1.82) is 5.26 Å². The molecule has 0 saturated heterocycles. The first-order chi connectivity index (χ1) is 14.7. The van der Waals surface area contributed by atoms with Crippen LogP contribution in [0.4, 0.5) is 4.79 Å². The number of ether oxygens (including phenoxy) is 1. The first kappa shape index (κ1) is 21.4. The van der Waals surface area contributed by atoms with E-state index in [1.165, 1.54) is 0 Å². The fourth-order valence-corrected chi connectivity index (χ4v) is 3.37. The number of alkyl carbamates (subject to hydrolysis) is 1. The molecule has 1 fully saturated rings. The molecule has 6 nitrogen and oxygen atoms in total. The van der Waals surface area contributed by atoms with Crippen LogP contribution in [-0.4, -0.2) is 25.2 Å². The second-order valence-corrected chi connectivity index (χ2v) is 7.55. The molecular formula is C24H27N3O3. The molecular weight excluding hydrogens is 378 g/mol. The van der Waals surface area contributed by atoms with Gasteiger partial charge in [0.1, 0.15) is 6.61 Å². The van der Waals surface area contributed by atoms with Crippen molar-refractivity contribution in [2.45, 2.75) is 31.7 Å². The molecule has 2 aromatic rings. The zero-order chi connectivity index (χ0) is 21.2. The largest absolute Gasteiger partial charge is 0.449 e. The van der Waals surface area contributed by atoms with Gasteiger partial charge in [0, 0.05) is 13.1 Å². The van der Waals surface area contributed by atoms with E-state index in [4.69, 9.17) is 4.74 Å². The summed E-state index contributed by atoms with van der Waals surface area (Å²) in [6, 6.07) is 21.4. The number of nitrogens with one attached hydrogen (secondary N) is 2. The van der Waals surface area contributed by atoms with Crippen LogP contribution in [0.25, 0.3) is 0 Å². The van der Waals surface area contributed by atoms with E-state index in [9.17, 15) is 14.9 Å². The molecule has 2 atom stereocenters. The molecule has 0 aromatic heterocycles. The van der Waals surface area contributed by atoms with E-state index >= 15 is 0 Å². The summed E-state index contributed by atoms with van der Waals surface area (Å²) in [6.07, 6.45) is 1.96. The lowest BCUT2D eigenvalue weighted by Crippen LogP contribution is -2.37. The predicted octanol–water partition coefficient (Wildman–Crippen LogP) is 3.75. The summed E-state index contributed by atoms with van der Waals surface area (Å²) in [5.41, 5.74) is 1.93. The number of hydrogen-bond acceptors (Lipinski definition) is 4. The maximum atomic E-state index is 12.6. The number of carbonyl (C=O) groups is 2. The Balaban J connectivity index is 1.41. The molecule has 156 valence electrons. The smallest absolute Gasteiger partial charge is 0.407 e. The van der Waals surface area contributed by atoms with Crippen LogP contribution in [0.15, 0.2) is 60.7 Å². The summed E-state index contributed by atoms with van der Waals surface area (Å²) < 4.78 is 5.30. The lowest BCUT2D eigenvalue weighted by molar-refractivity contribution is -0.126. The number of rotatable bonds is 10. The molecule has 30 heavy (non-hydrogen) atoms. The second kappa shape index (κ2) is 11.0. The van der Waals surface area contributed by atoms with E-state index in [1.54, 1.807) is 0 Å². The first-order valence-corrected chi connectivity index (χ1v) is 10.3. The summed E-state index contributed by atoms with van der Waals surface area (Å²) in [4.78, 5) is 24.6. The highest BCUT2D eigenvalue weighted by Crippen LogP contribution is 2.37.